The molecule has 162 valence electrons. The molecule has 2 aliphatic carbocycles. The van der Waals surface area contributed by atoms with Gasteiger partial charge in [-0.15, -0.1) is 0 Å². The number of aromatic amines is 1. The van der Waals surface area contributed by atoms with Crippen molar-refractivity contribution in [1.82, 2.24) is 9.88 Å². The summed E-state index contributed by atoms with van der Waals surface area (Å²) in [7, 11) is 1.71. The lowest BCUT2D eigenvalue weighted by Crippen LogP contribution is -2.46. The molecule has 1 saturated carbocycles. The molecule has 2 fully saturated rings. The zero-order chi connectivity index (χ0) is 21.1. The molecule has 1 aromatic heterocycles. The first-order valence-corrected chi connectivity index (χ1v) is 11.5. The van der Waals surface area contributed by atoms with Crippen molar-refractivity contribution < 1.29 is 14.2 Å². The molecule has 1 saturated heterocycles. The summed E-state index contributed by atoms with van der Waals surface area (Å²) >= 11 is 0. The number of aliphatic hydroxyl groups excluding tert-OH is 1. The van der Waals surface area contributed by atoms with Gasteiger partial charge in [0, 0.05) is 35.1 Å². The van der Waals surface area contributed by atoms with Gasteiger partial charge in [0.05, 0.1) is 13.2 Å². The Morgan fingerprint density at radius 2 is 2.03 bits per heavy atom. The molecule has 0 amide bonds. The van der Waals surface area contributed by atoms with E-state index in [4.69, 9.17) is 4.74 Å². The fraction of sp³-hybridized carbons (Fsp3) is 0.462. The zero-order valence-corrected chi connectivity index (χ0v) is 17.9. The summed E-state index contributed by atoms with van der Waals surface area (Å²) in [4.78, 5) is 6.10. The van der Waals surface area contributed by atoms with E-state index in [1.165, 1.54) is 22.2 Å². The van der Waals surface area contributed by atoms with E-state index in [0.29, 0.717) is 17.8 Å². The van der Waals surface area contributed by atoms with E-state index in [1.54, 1.807) is 19.2 Å². The molecule has 1 aliphatic heterocycles. The van der Waals surface area contributed by atoms with Crippen LogP contribution in [-0.2, 0) is 12.8 Å². The van der Waals surface area contributed by atoms with Crippen LogP contribution in [0.15, 0.2) is 42.5 Å². The van der Waals surface area contributed by atoms with E-state index in [-0.39, 0.29) is 18.0 Å². The van der Waals surface area contributed by atoms with Crippen molar-refractivity contribution in [1.29, 1.82) is 0 Å². The molecule has 6 rings (SSSR count). The average molecular weight is 421 g/mol. The van der Waals surface area contributed by atoms with Crippen molar-refractivity contribution in [2.24, 2.45) is 17.8 Å². The van der Waals surface area contributed by atoms with Gasteiger partial charge in [0.1, 0.15) is 11.6 Å². The lowest BCUT2D eigenvalue weighted by molar-refractivity contribution is 0.0583. The van der Waals surface area contributed by atoms with Crippen LogP contribution in [0.5, 0.6) is 5.75 Å². The van der Waals surface area contributed by atoms with Gasteiger partial charge in [0.15, 0.2) is 0 Å². The third-order valence-electron chi connectivity index (χ3n) is 7.85. The number of H-pyrrole nitrogens is 1. The molecule has 2 heterocycles. The van der Waals surface area contributed by atoms with Crippen LogP contribution in [0.25, 0.3) is 10.9 Å². The average Bonchev–Trinajstić information content (AvgIpc) is 3.38. The van der Waals surface area contributed by atoms with Crippen molar-refractivity contribution in [3.8, 4) is 5.75 Å². The number of piperidine rings is 1. The number of nitrogens with one attached hydrogen (secondary N) is 1. The Morgan fingerprint density at radius 3 is 2.84 bits per heavy atom. The molecule has 4 nitrogen and oxygen atoms in total. The summed E-state index contributed by atoms with van der Waals surface area (Å²) in [6, 6.07) is 13.7. The lowest BCUT2D eigenvalue weighted by Gasteiger charge is -2.44. The molecule has 2 N–H and O–H groups in total. The number of hydrogen-bond acceptors (Lipinski definition) is 3. The molecular weight excluding hydrogens is 391 g/mol. The second-order valence-electron chi connectivity index (χ2n) is 9.67. The monoisotopic (exact) mass is 420 g/mol. The SMILES string of the molecule is COc1cccc(C(C2CC2O)N2CCC3Cc4[nH]c5cc(F)ccc5c4CC3C2)c1. The Kier molecular flexibility index (Phi) is 4.58. The number of ether oxygens (including phenoxy) is 1. The third kappa shape index (κ3) is 3.35. The molecule has 0 bridgehead atoms. The number of likely N-dealkylation sites (tertiary alicyclic amines) is 1. The van der Waals surface area contributed by atoms with Gasteiger partial charge in [-0.25, -0.2) is 4.39 Å². The maximum absolute atomic E-state index is 13.7. The van der Waals surface area contributed by atoms with E-state index in [2.05, 4.69) is 28.1 Å². The van der Waals surface area contributed by atoms with Crippen molar-refractivity contribution in [3.05, 3.63) is 65.1 Å². The summed E-state index contributed by atoms with van der Waals surface area (Å²) in [6.45, 7) is 2.10. The highest BCUT2D eigenvalue weighted by Crippen LogP contribution is 2.48. The van der Waals surface area contributed by atoms with Crippen molar-refractivity contribution >= 4 is 10.9 Å². The topological polar surface area (TPSA) is 48.5 Å². The van der Waals surface area contributed by atoms with Crippen LogP contribution in [-0.4, -0.2) is 41.3 Å². The molecule has 0 radical (unpaired) electrons. The predicted octanol–water partition coefficient (Wildman–Crippen LogP) is 4.47. The summed E-state index contributed by atoms with van der Waals surface area (Å²) < 4.78 is 19.2. The number of nitrogens with zero attached hydrogens (tertiary/aromatic N) is 1. The number of benzene rings is 2. The minimum Gasteiger partial charge on any atom is -0.497 e. The van der Waals surface area contributed by atoms with E-state index >= 15 is 0 Å². The van der Waals surface area contributed by atoms with Gasteiger partial charge in [-0.05, 0) is 85.5 Å². The highest BCUT2D eigenvalue weighted by atomic mass is 19.1. The standard InChI is InChI=1S/C26H29FN2O2/c1-31-19-4-2-3-16(9-19)26(22-13-25(22)30)29-8-7-15-11-23-21(10-17(15)14-29)20-6-5-18(27)12-24(20)28-23/h2-6,9,12,15,17,22,25-26,28,30H,7-8,10-11,13-14H2,1H3. The smallest absolute Gasteiger partial charge is 0.125 e. The maximum atomic E-state index is 13.7. The molecule has 5 heteroatoms. The van der Waals surface area contributed by atoms with Crippen LogP contribution < -0.4 is 4.74 Å². The van der Waals surface area contributed by atoms with Crippen LogP contribution in [0.2, 0.25) is 0 Å². The second kappa shape index (κ2) is 7.35. The highest BCUT2D eigenvalue weighted by molar-refractivity contribution is 5.85. The van der Waals surface area contributed by atoms with Crippen molar-refractivity contribution in [3.63, 3.8) is 0 Å². The Balaban J connectivity index is 1.29. The van der Waals surface area contributed by atoms with Crippen LogP contribution in [0, 0.1) is 23.6 Å². The Morgan fingerprint density at radius 1 is 1.16 bits per heavy atom. The molecule has 31 heavy (non-hydrogen) atoms. The van der Waals surface area contributed by atoms with Crippen molar-refractivity contribution in [2.75, 3.05) is 20.2 Å². The first kappa shape index (κ1) is 19.3. The van der Waals surface area contributed by atoms with E-state index < -0.39 is 0 Å². The zero-order valence-electron chi connectivity index (χ0n) is 17.9. The second-order valence-corrected chi connectivity index (χ2v) is 9.67. The van der Waals surface area contributed by atoms with Gasteiger partial charge < -0.3 is 14.8 Å². The minimum atomic E-state index is -0.199. The Hall–Kier alpha value is -2.37. The van der Waals surface area contributed by atoms with Gasteiger partial charge in [-0.1, -0.05) is 12.1 Å². The third-order valence-corrected chi connectivity index (χ3v) is 7.85. The number of aromatic nitrogens is 1. The predicted molar refractivity (Wildman–Crippen MR) is 119 cm³/mol. The number of aliphatic hydroxyl groups is 1. The summed E-state index contributed by atoms with van der Waals surface area (Å²) in [5.74, 6) is 2.25. The molecule has 0 spiro atoms. The van der Waals surface area contributed by atoms with Crippen LogP contribution in [0.1, 0.15) is 35.7 Å². The molecule has 5 unspecified atom stereocenters. The van der Waals surface area contributed by atoms with Crippen LogP contribution in [0.3, 0.4) is 0 Å². The van der Waals surface area contributed by atoms with E-state index in [1.807, 2.05) is 12.1 Å². The van der Waals surface area contributed by atoms with E-state index in [0.717, 1.165) is 50.0 Å². The molecular formula is C26H29FN2O2. The van der Waals surface area contributed by atoms with Gasteiger partial charge in [-0.3, -0.25) is 4.90 Å². The first-order chi connectivity index (χ1) is 15.1. The normalized spacial score (nSPS) is 28.7. The van der Waals surface area contributed by atoms with Crippen LogP contribution >= 0.6 is 0 Å². The largest absolute Gasteiger partial charge is 0.497 e. The van der Waals surface area contributed by atoms with E-state index in [9.17, 15) is 9.50 Å². The molecule has 2 aromatic carbocycles. The summed E-state index contributed by atoms with van der Waals surface area (Å²) in [6.07, 6.45) is 3.94. The number of fused-ring (bicyclic) bond motifs is 4. The number of rotatable bonds is 4. The summed E-state index contributed by atoms with van der Waals surface area (Å²) in [5.41, 5.74) is 4.86. The number of hydrogen-bond donors (Lipinski definition) is 2. The van der Waals surface area contributed by atoms with Crippen molar-refractivity contribution in [2.45, 2.75) is 37.8 Å². The fourth-order valence-electron chi connectivity index (χ4n) is 6.17. The maximum Gasteiger partial charge on any atom is 0.125 e. The van der Waals surface area contributed by atoms with Gasteiger partial charge >= 0.3 is 0 Å². The number of methoxy groups -OCH3 is 1. The first-order valence-electron chi connectivity index (χ1n) is 11.5. The Bertz CT molecular complexity index is 1130. The van der Waals surface area contributed by atoms with Gasteiger partial charge in [0.25, 0.3) is 0 Å². The van der Waals surface area contributed by atoms with Gasteiger partial charge in [-0.2, -0.15) is 0 Å². The molecule has 3 aromatic rings. The van der Waals surface area contributed by atoms with Crippen LogP contribution in [0.4, 0.5) is 4.39 Å². The number of halogens is 1. The Labute approximate surface area is 182 Å². The molecule has 3 aliphatic rings. The fourth-order valence-corrected chi connectivity index (χ4v) is 6.17. The quantitative estimate of drug-likeness (QED) is 0.655. The lowest BCUT2D eigenvalue weighted by atomic mass is 9.73. The van der Waals surface area contributed by atoms with Gasteiger partial charge in [0.2, 0.25) is 0 Å². The summed E-state index contributed by atoms with van der Waals surface area (Å²) in [5, 5.41) is 11.5. The highest BCUT2D eigenvalue weighted by Gasteiger charge is 2.47. The minimum absolute atomic E-state index is 0.182. The molecule has 5 atom stereocenters.